The molecule has 1 nitrogen and oxygen atoms in total. The van der Waals surface area contributed by atoms with E-state index in [0.29, 0.717) is 6.04 Å². The first kappa shape index (κ1) is 10.7. The maximum atomic E-state index is 6.10. The van der Waals surface area contributed by atoms with Gasteiger partial charge in [0.05, 0.1) is 0 Å². The van der Waals surface area contributed by atoms with Gasteiger partial charge in [-0.05, 0) is 37.2 Å². The van der Waals surface area contributed by atoms with E-state index in [1.165, 1.54) is 31.2 Å². The molecule has 1 saturated carbocycles. The Morgan fingerprint density at radius 1 is 1.13 bits per heavy atom. The highest BCUT2D eigenvalue weighted by Gasteiger charge is 2.21. The molecule has 1 fully saturated rings. The Kier molecular flexibility index (Phi) is 3.79. The smallest absolute Gasteiger partial charge is 0.00420 e. The van der Waals surface area contributed by atoms with Crippen molar-refractivity contribution in [3.05, 3.63) is 35.9 Å². The van der Waals surface area contributed by atoms with Crippen molar-refractivity contribution in [2.24, 2.45) is 11.7 Å². The molecule has 1 aliphatic rings. The minimum absolute atomic E-state index is 0.408. The zero-order chi connectivity index (χ0) is 10.5. The van der Waals surface area contributed by atoms with Gasteiger partial charge in [-0.15, -0.1) is 0 Å². The maximum Gasteiger partial charge on any atom is 0.00420 e. The Hall–Kier alpha value is -0.820. The van der Waals surface area contributed by atoms with Gasteiger partial charge in [0, 0.05) is 6.04 Å². The van der Waals surface area contributed by atoms with Crippen LogP contribution < -0.4 is 5.73 Å². The van der Waals surface area contributed by atoms with Crippen LogP contribution in [0.3, 0.4) is 0 Å². The van der Waals surface area contributed by atoms with Crippen LogP contribution in [0.5, 0.6) is 0 Å². The Labute approximate surface area is 92.7 Å². The zero-order valence-corrected chi connectivity index (χ0v) is 9.36. The fourth-order valence-electron chi connectivity index (χ4n) is 2.00. The van der Waals surface area contributed by atoms with Gasteiger partial charge in [0.2, 0.25) is 0 Å². The van der Waals surface area contributed by atoms with Gasteiger partial charge in [0.15, 0.2) is 0 Å². The number of aryl methyl sites for hydroxylation is 1. The van der Waals surface area contributed by atoms with E-state index in [1.807, 2.05) is 0 Å². The molecular formula is C14H21N. The molecule has 2 rings (SSSR count). The van der Waals surface area contributed by atoms with Crippen molar-refractivity contribution in [1.82, 2.24) is 0 Å². The van der Waals surface area contributed by atoms with Gasteiger partial charge < -0.3 is 5.73 Å². The van der Waals surface area contributed by atoms with E-state index in [1.54, 1.807) is 0 Å². The van der Waals surface area contributed by atoms with Crippen LogP contribution in [0.25, 0.3) is 0 Å². The molecule has 0 bridgehead atoms. The summed E-state index contributed by atoms with van der Waals surface area (Å²) >= 11 is 0. The summed E-state index contributed by atoms with van der Waals surface area (Å²) in [7, 11) is 0. The van der Waals surface area contributed by atoms with Crippen LogP contribution in [-0.4, -0.2) is 6.04 Å². The second kappa shape index (κ2) is 5.32. The Bertz CT molecular complexity index is 277. The summed E-state index contributed by atoms with van der Waals surface area (Å²) in [4.78, 5) is 0. The van der Waals surface area contributed by atoms with Gasteiger partial charge >= 0.3 is 0 Å². The molecule has 0 radical (unpaired) electrons. The van der Waals surface area contributed by atoms with E-state index >= 15 is 0 Å². The first-order valence-electron chi connectivity index (χ1n) is 6.14. The molecule has 82 valence electrons. The normalized spacial score (nSPS) is 17.7. The fourth-order valence-corrected chi connectivity index (χ4v) is 2.00. The lowest BCUT2D eigenvalue weighted by Crippen LogP contribution is -2.20. The van der Waals surface area contributed by atoms with Crippen molar-refractivity contribution < 1.29 is 0 Å². The molecular weight excluding hydrogens is 182 g/mol. The van der Waals surface area contributed by atoms with Crippen LogP contribution in [0.15, 0.2) is 30.3 Å². The summed E-state index contributed by atoms with van der Waals surface area (Å²) in [6.07, 6.45) is 7.74. The number of hydrogen-bond donors (Lipinski definition) is 1. The van der Waals surface area contributed by atoms with Crippen LogP contribution in [0.1, 0.15) is 37.7 Å². The summed E-state index contributed by atoms with van der Waals surface area (Å²) in [5.41, 5.74) is 7.51. The molecule has 0 amide bonds. The predicted molar refractivity (Wildman–Crippen MR) is 64.7 cm³/mol. The van der Waals surface area contributed by atoms with Crippen molar-refractivity contribution in [1.29, 1.82) is 0 Å². The summed E-state index contributed by atoms with van der Waals surface area (Å²) in [5.74, 6) is 1.02. The molecule has 2 N–H and O–H groups in total. The van der Waals surface area contributed by atoms with E-state index in [-0.39, 0.29) is 0 Å². The van der Waals surface area contributed by atoms with Gasteiger partial charge in [-0.1, -0.05) is 43.2 Å². The van der Waals surface area contributed by atoms with Crippen molar-refractivity contribution >= 4 is 0 Å². The quantitative estimate of drug-likeness (QED) is 0.755. The summed E-state index contributed by atoms with van der Waals surface area (Å²) in [5, 5.41) is 0. The highest BCUT2D eigenvalue weighted by Crippen LogP contribution is 2.33. The molecule has 1 aliphatic carbocycles. The minimum atomic E-state index is 0.408. The van der Waals surface area contributed by atoms with Gasteiger partial charge in [-0.3, -0.25) is 0 Å². The topological polar surface area (TPSA) is 26.0 Å². The van der Waals surface area contributed by atoms with Crippen LogP contribution >= 0.6 is 0 Å². The monoisotopic (exact) mass is 203 g/mol. The Balaban J connectivity index is 1.63. The summed E-state index contributed by atoms with van der Waals surface area (Å²) in [6.45, 7) is 0. The highest BCUT2D eigenvalue weighted by atomic mass is 14.6. The summed E-state index contributed by atoms with van der Waals surface area (Å²) < 4.78 is 0. The number of nitrogens with two attached hydrogens (primary N) is 1. The average Bonchev–Trinajstić information content (AvgIpc) is 3.09. The van der Waals surface area contributed by atoms with E-state index in [0.717, 1.165) is 18.8 Å². The molecule has 0 aliphatic heterocycles. The van der Waals surface area contributed by atoms with Crippen LogP contribution in [-0.2, 0) is 6.42 Å². The van der Waals surface area contributed by atoms with Crippen molar-refractivity contribution in [3.8, 4) is 0 Å². The molecule has 1 heteroatoms. The van der Waals surface area contributed by atoms with Crippen LogP contribution in [0.4, 0.5) is 0 Å². The minimum Gasteiger partial charge on any atom is -0.328 e. The van der Waals surface area contributed by atoms with E-state index in [9.17, 15) is 0 Å². The third-order valence-corrected chi connectivity index (χ3v) is 3.29. The molecule has 1 atom stereocenters. The second-order valence-electron chi connectivity index (χ2n) is 4.81. The molecule has 1 aromatic rings. The van der Waals surface area contributed by atoms with Crippen molar-refractivity contribution in [2.75, 3.05) is 0 Å². The van der Waals surface area contributed by atoms with Gasteiger partial charge in [0.25, 0.3) is 0 Å². The standard InChI is InChI=1S/C14H21N/c15-14(11-9-13-6-7-13)10-8-12-4-2-1-3-5-12/h1-5,13-14H,6-11,15H2. The molecule has 0 spiro atoms. The van der Waals surface area contributed by atoms with Crippen LogP contribution in [0, 0.1) is 5.92 Å². The lowest BCUT2D eigenvalue weighted by Gasteiger charge is -2.10. The van der Waals surface area contributed by atoms with Crippen molar-refractivity contribution in [2.45, 2.75) is 44.6 Å². The maximum absolute atomic E-state index is 6.10. The van der Waals surface area contributed by atoms with Crippen LogP contribution in [0.2, 0.25) is 0 Å². The average molecular weight is 203 g/mol. The Morgan fingerprint density at radius 3 is 2.53 bits per heavy atom. The predicted octanol–water partition coefficient (Wildman–Crippen LogP) is 3.14. The molecule has 0 aromatic heterocycles. The third kappa shape index (κ3) is 4.05. The lowest BCUT2D eigenvalue weighted by molar-refractivity contribution is 0.524. The first-order valence-corrected chi connectivity index (χ1v) is 6.14. The zero-order valence-electron chi connectivity index (χ0n) is 9.36. The van der Waals surface area contributed by atoms with E-state index in [2.05, 4.69) is 30.3 Å². The van der Waals surface area contributed by atoms with Gasteiger partial charge in [-0.2, -0.15) is 0 Å². The number of hydrogen-bond acceptors (Lipinski definition) is 1. The van der Waals surface area contributed by atoms with E-state index < -0.39 is 0 Å². The SMILES string of the molecule is NC(CCc1ccccc1)CCC1CC1. The van der Waals surface area contributed by atoms with Gasteiger partial charge in [-0.25, -0.2) is 0 Å². The third-order valence-electron chi connectivity index (χ3n) is 3.29. The summed E-state index contributed by atoms with van der Waals surface area (Å²) in [6, 6.07) is 11.1. The van der Waals surface area contributed by atoms with Crippen molar-refractivity contribution in [3.63, 3.8) is 0 Å². The molecule has 0 heterocycles. The number of benzene rings is 1. The lowest BCUT2D eigenvalue weighted by atomic mass is 10.0. The van der Waals surface area contributed by atoms with Gasteiger partial charge in [0.1, 0.15) is 0 Å². The molecule has 15 heavy (non-hydrogen) atoms. The highest BCUT2D eigenvalue weighted by molar-refractivity contribution is 5.14. The fraction of sp³-hybridized carbons (Fsp3) is 0.571. The second-order valence-corrected chi connectivity index (χ2v) is 4.81. The molecule has 1 aromatic carbocycles. The number of rotatable bonds is 6. The first-order chi connectivity index (χ1) is 7.34. The Morgan fingerprint density at radius 2 is 1.87 bits per heavy atom. The van der Waals surface area contributed by atoms with E-state index in [4.69, 9.17) is 5.73 Å². The molecule has 0 saturated heterocycles. The molecule has 1 unspecified atom stereocenters. The largest absolute Gasteiger partial charge is 0.328 e.